The Bertz CT molecular complexity index is 1040. The molecule has 1 atom stereocenters. The lowest BCUT2D eigenvalue weighted by atomic mass is 9.99. The highest BCUT2D eigenvalue weighted by molar-refractivity contribution is 5.77. The molecule has 26 heavy (non-hydrogen) atoms. The van der Waals surface area contributed by atoms with Crippen LogP contribution in [0.25, 0.3) is 5.70 Å². The number of nitrogens with zero attached hydrogens (tertiary/aromatic N) is 5. The summed E-state index contributed by atoms with van der Waals surface area (Å²) in [6.07, 6.45) is 1.98. The van der Waals surface area contributed by atoms with Crippen molar-refractivity contribution in [2.24, 2.45) is 0 Å². The van der Waals surface area contributed by atoms with Crippen molar-refractivity contribution in [3.8, 4) is 0 Å². The Morgan fingerprint density at radius 2 is 2.00 bits per heavy atom. The Morgan fingerprint density at radius 3 is 2.77 bits per heavy atom. The predicted molar refractivity (Wildman–Crippen MR) is 96.6 cm³/mol. The summed E-state index contributed by atoms with van der Waals surface area (Å²) < 4.78 is 1.61. The maximum Gasteiger partial charge on any atom is 0.269 e. The third kappa shape index (κ3) is 2.71. The highest BCUT2D eigenvalue weighted by atomic mass is 16.6. The molecule has 0 spiro atoms. The smallest absolute Gasteiger partial charge is 0.269 e. The summed E-state index contributed by atoms with van der Waals surface area (Å²) in [6, 6.07) is 12.4. The first-order valence-electron chi connectivity index (χ1n) is 8.11. The number of allylic oxidation sites excluding steroid dienone is 1. The second-order valence-electron chi connectivity index (χ2n) is 6.25. The number of hydrogen-bond donors (Lipinski definition) is 1. The number of nitrogens with one attached hydrogen (secondary N) is 1. The summed E-state index contributed by atoms with van der Waals surface area (Å²) in [7, 11) is 0. The van der Waals surface area contributed by atoms with Crippen molar-refractivity contribution >= 4 is 17.3 Å². The molecule has 0 aliphatic carbocycles. The quantitative estimate of drug-likeness (QED) is 0.576. The topological polar surface area (TPSA) is 98.8 Å². The Hall–Kier alpha value is -3.55. The summed E-state index contributed by atoms with van der Waals surface area (Å²) in [6.45, 7) is 4.12. The Morgan fingerprint density at radius 1 is 1.15 bits per heavy atom. The molecule has 0 bridgehead atoms. The van der Waals surface area contributed by atoms with Gasteiger partial charge < -0.3 is 5.32 Å². The minimum Gasteiger partial charge on any atom is -0.323 e. The number of aryl methyl sites for hydroxylation is 2. The van der Waals surface area contributed by atoms with Crippen LogP contribution in [0.2, 0.25) is 0 Å². The van der Waals surface area contributed by atoms with Gasteiger partial charge in [-0.25, -0.2) is 0 Å². The van der Waals surface area contributed by atoms with Gasteiger partial charge in [0.25, 0.3) is 5.69 Å². The van der Waals surface area contributed by atoms with Crippen molar-refractivity contribution < 1.29 is 4.92 Å². The second-order valence-corrected chi connectivity index (χ2v) is 6.25. The molecule has 8 nitrogen and oxygen atoms in total. The van der Waals surface area contributed by atoms with Gasteiger partial charge in [-0.05, 0) is 58.7 Å². The molecule has 0 radical (unpaired) electrons. The van der Waals surface area contributed by atoms with E-state index in [-0.39, 0.29) is 11.7 Å². The van der Waals surface area contributed by atoms with E-state index in [1.165, 1.54) is 17.2 Å². The molecule has 2 aromatic carbocycles. The molecule has 0 saturated carbocycles. The Kier molecular flexibility index (Phi) is 3.72. The van der Waals surface area contributed by atoms with Crippen LogP contribution in [0.1, 0.15) is 28.3 Å². The predicted octanol–water partition coefficient (Wildman–Crippen LogP) is 3.25. The fourth-order valence-electron chi connectivity index (χ4n) is 2.99. The van der Waals surface area contributed by atoms with Crippen LogP contribution in [0.3, 0.4) is 0 Å². The molecule has 1 aromatic heterocycles. The van der Waals surface area contributed by atoms with Gasteiger partial charge in [0, 0.05) is 17.8 Å². The van der Waals surface area contributed by atoms with Crippen LogP contribution in [0.5, 0.6) is 0 Å². The minimum atomic E-state index is -0.404. The Labute approximate surface area is 149 Å². The van der Waals surface area contributed by atoms with Crippen LogP contribution in [-0.4, -0.2) is 25.1 Å². The van der Waals surface area contributed by atoms with Crippen LogP contribution in [0.15, 0.2) is 48.5 Å². The molecule has 130 valence electrons. The van der Waals surface area contributed by atoms with E-state index in [2.05, 4.69) is 46.8 Å². The number of tetrazole rings is 1. The minimum absolute atomic E-state index is 0.0387. The van der Waals surface area contributed by atoms with Crippen molar-refractivity contribution in [2.75, 3.05) is 5.32 Å². The number of nitro groups is 1. The van der Waals surface area contributed by atoms with Crippen molar-refractivity contribution in [1.82, 2.24) is 20.2 Å². The molecule has 4 rings (SSSR count). The summed E-state index contributed by atoms with van der Waals surface area (Å²) in [5, 5.41) is 26.1. The highest BCUT2D eigenvalue weighted by Crippen LogP contribution is 2.33. The third-order valence-electron chi connectivity index (χ3n) is 4.57. The van der Waals surface area contributed by atoms with Crippen LogP contribution in [0.4, 0.5) is 11.6 Å². The van der Waals surface area contributed by atoms with Gasteiger partial charge in [0.2, 0.25) is 5.95 Å². The number of fused-ring (bicyclic) bond motifs is 1. The molecule has 3 aromatic rings. The zero-order chi connectivity index (χ0) is 18.3. The van der Waals surface area contributed by atoms with E-state index in [0.717, 1.165) is 16.8 Å². The van der Waals surface area contributed by atoms with E-state index in [0.29, 0.717) is 5.95 Å². The molecular formula is C18H16N6O2. The van der Waals surface area contributed by atoms with E-state index in [1.54, 1.807) is 16.8 Å². The lowest BCUT2D eigenvalue weighted by molar-refractivity contribution is -0.384. The molecule has 1 aliphatic rings. The van der Waals surface area contributed by atoms with Gasteiger partial charge in [-0.2, -0.15) is 4.68 Å². The first-order valence-corrected chi connectivity index (χ1v) is 8.11. The molecule has 8 heteroatoms. The Balaban J connectivity index is 1.82. The van der Waals surface area contributed by atoms with Crippen molar-refractivity contribution in [3.63, 3.8) is 0 Å². The number of nitro benzene ring substituents is 1. The fourth-order valence-corrected chi connectivity index (χ4v) is 2.99. The van der Waals surface area contributed by atoms with Gasteiger partial charge in [-0.1, -0.05) is 29.4 Å². The highest BCUT2D eigenvalue weighted by Gasteiger charge is 2.25. The van der Waals surface area contributed by atoms with E-state index in [1.807, 2.05) is 18.2 Å². The summed E-state index contributed by atoms with van der Waals surface area (Å²) in [4.78, 5) is 10.7. The zero-order valence-corrected chi connectivity index (χ0v) is 14.2. The number of anilines is 1. The van der Waals surface area contributed by atoms with Gasteiger partial charge in [-0.3, -0.25) is 10.1 Å². The first-order chi connectivity index (χ1) is 12.5. The van der Waals surface area contributed by atoms with Crippen LogP contribution in [0, 0.1) is 24.0 Å². The SMILES string of the molecule is Cc1ccc(C2=C[C@H](c3cccc([N+](=O)[O-])c3)n3nnnc3N2)cc1C. The number of hydrogen-bond acceptors (Lipinski definition) is 6. The van der Waals surface area contributed by atoms with E-state index < -0.39 is 4.92 Å². The number of non-ortho nitro benzene ring substituents is 1. The standard InChI is InChI=1S/C18H16N6O2/c1-11-6-7-13(8-12(11)2)16-10-17(23-18(19-16)20-21-22-23)14-4-3-5-15(9-14)24(25)26/h3-10,17H,1-2H3,(H,19,20,22)/t17-/m1/s1. The largest absolute Gasteiger partial charge is 0.323 e. The van der Waals surface area contributed by atoms with Crippen molar-refractivity contribution in [1.29, 1.82) is 0 Å². The van der Waals surface area contributed by atoms with E-state index >= 15 is 0 Å². The summed E-state index contributed by atoms with van der Waals surface area (Å²) in [5.74, 6) is 0.497. The van der Waals surface area contributed by atoms with E-state index in [9.17, 15) is 10.1 Å². The van der Waals surface area contributed by atoms with Crippen LogP contribution in [-0.2, 0) is 0 Å². The lowest BCUT2D eigenvalue weighted by Crippen LogP contribution is -2.20. The molecule has 0 unspecified atom stereocenters. The molecule has 0 amide bonds. The lowest BCUT2D eigenvalue weighted by Gasteiger charge is -2.23. The molecule has 0 fully saturated rings. The van der Waals surface area contributed by atoms with Crippen molar-refractivity contribution in [3.05, 3.63) is 80.9 Å². The van der Waals surface area contributed by atoms with Gasteiger partial charge in [-0.15, -0.1) is 0 Å². The molecule has 0 saturated heterocycles. The van der Waals surface area contributed by atoms with Gasteiger partial charge in [0.15, 0.2) is 0 Å². The second kappa shape index (κ2) is 6.07. The maximum atomic E-state index is 11.1. The molecule has 1 aliphatic heterocycles. The summed E-state index contributed by atoms with van der Waals surface area (Å²) in [5.41, 5.74) is 5.06. The van der Waals surface area contributed by atoms with Crippen LogP contribution >= 0.6 is 0 Å². The first kappa shape index (κ1) is 15.9. The average Bonchev–Trinajstić information content (AvgIpc) is 3.12. The summed E-state index contributed by atoms with van der Waals surface area (Å²) >= 11 is 0. The third-order valence-corrected chi connectivity index (χ3v) is 4.57. The van der Waals surface area contributed by atoms with E-state index in [4.69, 9.17) is 0 Å². The normalized spacial score (nSPS) is 15.8. The molecule has 2 heterocycles. The van der Waals surface area contributed by atoms with Gasteiger partial charge in [0.05, 0.1) is 4.92 Å². The number of benzene rings is 2. The fraction of sp³-hybridized carbons (Fsp3) is 0.167. The maximum absolute atomic E-state index is 11.1. The number of aromatic nitrogens is 4. The van der Waals surface area contributed by atoms with Gasteiger partial charge >= 0.3 is 0 Å². The van der Waals surface area contributed by atoms with Gasteiger partial charge in [0.1, 0.15) is 6.04 Å². The average molecular weight is 348 g/mol. The molecule has 1 N–H and O–H groups in total. The zero-order valence-electron chi connectivity index (χ0n) is 14.2. The number of rotatable bonds is 3. The molecular weight excluding hydrogens is 332 g/mol. The van der Waals surface area contributed by atoms with Crippen LogP contribution < -0.4 is 5.32 Å². The van der Waals surface area contributed by atoms with Crippen molar-refractivity contribution in [2.45, 2.75) is 19.9 Å². The monoisotopic (exact) mass is 348 g/mol.